The van der Waals surface area contributed by atoms with Gasteiger partial charge in [-0.05, 0) is 12.8 Å². The van der Waals surface area contributed by atoms with Gasteiger partial charge in [0.25, 0.3) is 0 Å². The number of piperidine rings is 1. The van der Waals surface area contributed by atoms with Crippen molar-refractivity contribution in [2.75, 3.05) is 26.2 Å². The van der Waals surface area contributed by atoms with Gasteiger partial charge >= 0.3 is 0 Å². The fourth-order valence-corrected chi connectivity index (χ4v) is 1.77. The highest BCUT2D eigenvalue weighted by Crippen LogP contribution is 2.21. The van der Waals surface area contributed by atoms with E-state index in [4.69, 9.17) is 22.0 Å². The molecule has 5 heteroatoms. The summed E-state index contributed by atoms with van der Waals surface area (Å²) in [6.07, 6.45) is 1.08. The number of aliphatic hydroxyl groups is 2. The molecule has 0 spiro atoms. The molecule has 1 aliphatic rings. The van der Waals surface area contributed by atoms with Crippen LogP contribution in [0.4, 0.5) is 0 Å². The van der Waals surface area contributed by atoms with Crippen LogP contribution in [0.5, 0.6) is 0 Å². The molecule has 1 fully saturated rings. The van der Waals surface area contributed by atoms with Crippen molar-refractivity contribution in [3.63, 3.8) is 0 Å². The highest BCUT2D eigenvalue weighted by Gasteiger charge is 2.31. The van der Waals surface area contributed by atoms with Gasteiger partial charge in [-0.1, -0.05) is 0 Å². The molecule has 0 aromatic heterocycles. The average molecular weight is 219 g/mol. The summed E-state index contributed by atoms with van der Waals surface area (Å²) in [4.78, 5) is 2.03. The van der Waals surface area contributed by atoms with Crippen LogP contribution >= 0.6 is 11.6 Å². The Hall–Kier alpha value is -0.340. The molecule has 0 radical (unpaired) electrons. The molecule has 1 heterocycles. The van der Waals surface area contributed by atoms with E-state index in [1.807, 2.05) is 11.0 Å². The Labute approximate surface area is 88.7 Å². The number of halogens is 1. The second-order valence-electron chi connectivity index (χ2n) is 3.78. The predicted molar refractivity (Wildman–Crippen MR) is 53.0 cm³/mol. The first kappa shape index (κ1) is 11.7. The summed E-state index contributed by atoms with van der Waals surface area (Å²) < 4.78 is 0. The number of aliphatic hydroxyl groups excluding tert-OH is 1. The lowest BCUT2D eigenvalue weighted by Crippen LogP contribution is -2.47. The van der Waals surface area contributed by atoms with Crippen molar-refractivity contribution in [1.29, 1.82) is 5.26 Å². The molecule has 4 nitrogen and oxygen atoms in total. The molecular weight excluding hydrogens is 204 g/mol. The normalized spacial score (nSPS) is 24.1. The molecular formula is C9H15ClN2O2. The SMILES string of the molecule is N#CC(Cl)CN1CCC(O)(CO)CC1. The minimum Gasteiger partial charge on any atom is -0.393 e. The topological polar surface area (TPSA) is 67.5 Å². The zero-order chi connectivity index (χ0) is 10.6. The monoisotopic (exact) mass is 218 g/mol. The smallest absolute Gasteiger partial charge is 0.133 e. The maximum absolute atomic E-state index is 9.71. The van der Waals surface area contributed by atoms with E-state index in [1.165, 1.54) is 0 Å². The van der Waals surface area contributed by atoms with E-state index < -0.39 is 11.0 Å². The van der Waals surface area contributed by atoms with Crippen LogP contribution in [0.3, 0.4) is 0 Å². The van der Waals surface area contributed by atoms with E-state index in [-0.39, 0.29) is 6.61 Å². The standard InChI is InChI=1S/C9H15ClN2O2/c10-8(5-11)6-12-3-1-9(14,7-13)2-4-12/h8,13-14H,1-4,6-7H2. The zero-order valence-electron chi connectivity index (χ0n) is 7.99. The quantitative estimate of drug-likeness (QED) is 0.652. The molecule has 0 aromatic rings. The first-order valence-electron chi connectivity index (χ1n) is 4.69. The van der Waals surface area contributed by atoms with E-state index in [2.05, 4.69) is 0 Å². The third-order valence-corrected chi connectivity index (χ3v) is 2.88. The Bertz CT molecular complexity index is 221. The molecule has 0 aromatic carbocycles. The van der Waals surface area contributed by atoms with Gasteiger partial charge in [-0.25, -0.2) is 0 Å². The van der Waals surface area contributed by atoms with Gasteiger partial charge in [0.05, 0.1) is 18.3 Å². The van der Waals surface area contributed by atoms with Crippen LogP contribution in [0.15, 0.2) is 0 Å². The van der Waals surface area contributed by atoms with Crippen molar-refractivity contribution in [1.82, 2.24) is 4.90 Å². The van der Waals surface area contributed by atoms with Gasteiger partial charge in [0.2, 0.25) is 0 Å². The van der Waals surface area contributed by atoms with Gasteiger partial charge in [-0.3, -0.25) is 0 Å². The minimum absolute atomic E-state index is 0.191. The molecule has 0 aliphatic carbocycles. The summed E-state index contributed by atoms with van der Waals surface area (Å²) >= 11 is 5.69. The molecule has 1 rings (SSSR count). The Balaban J connectivity index is 2.33. The van der Waals surface area contributed by atoms with Gasteiger partial charge in [0.1, 0.15) is 5.38 Å². The minimum atomic E-state index is -0.926. The number of hydrogen-bond donors (Lipinski definition) is 2. The molecule has 1 saturated heterocycles. The predicted octanol–water partition coefficient (Wildman–Crippen LogP) is -0.0634. The summed E-state index contributed by atoms with van der Waals surface area (Å²) in [7, 11) is 0. The summed E-state index contributed by atoms with van der Waals surface area (Å²) in [5.74, 6) is 0. The fraction of sp³-hybridized carbons (Fsp3) is 0.889. The number of alkyl halides is 1. The highest BCUT2D eigenvalue weighted by molar-refractivity contribution is 6.22. The number of rotatable bonds is 3. The van der Waals surface area contributed by atoms with Crippen LogP contribution in [0.1, 0.15) is 12.8 Å². The van der Waals surface area contributed by atoms with Crippen LogP contribution in [0.2, 0.25) is 0 Å². The van der Waals surface area contributed by atoms with Crippen LogP contribution < -0.4 is 0 Å². The molecule has 14 heavy (non-hydrogen) atoms. The molecule has 80 valence electrons. The van der Waals surface area contributed by atoms with Crippen LogP contribution in [-0.4, -0.2) is 52.3 Å². The van der Waals surface area contributed by atoms with E-state index in [1.54, 1.807) is 0 Å². The van der Waals surface area contributed by atoms with E-state index in [0.29, 0.717) is 32.5 Å². The molecule has 1 atom stereocenters. The Morgan fingerprint density at radius 1 is 1.50 bits per heavy atom. The van der Waals surface area contributed by atoms with Gasteiger partial charge < -0.3 is 15.1 Å². The maximum atomic E-state index is 9.71. The number of nitriles is 1. The summed E-state index contributed by atoms with van der Waals surface area (Å²) in [6.45, 7) is 1.70. The zero-order valence-corrected chi connectivity index (χ0v) is 8.74. The Kier molecular flexibility index (Phi) is 4.14. The maximum Gasteiger partial charge on any atom is 0.133 e. The summed E-state index contributed by atoms with van der Waals surface area (Å²) in [5.41, 5.74) is -0.926. The average Bonchev–Trinajstić information content (AvgIpc) is 2.21. The van der Waals surface area contributed by atoms with Crippen molar-refractivity contribution in [2.45, 2.75) is 23.8 Å². The number of likely N-dealkylation sites (tertiary alicyclic amines) is 1. The van der Waals surface area contributed by atoms with Crippen LogP contribution in [-0.2, 0) is 0 Å². The van der Waals surface area contributed by atoms with E-state index in [0.717, 1.165) is 0 Å². The first-order valence-corrected chi connectivity index (χ1v) is 5.12. The Morgan fingerprint density at radius 3 is 2.50 bits per heavy atom. The molecule has 2 N–H and O–H groups in total. The van der Waals surface area contributed by atoms with Gasteiger partial charge in [-0.2, -0.15) is 5.26 Å². The molecule has 1 unspecified atom stereocenters. The first-order chi connectivity index (χ1) is 6.59. The second-order valence-corrected chi connectivity index (χ2v) is 4.31. The molecule has 0 amide bonds. The fourth-order valence-electron chi connectivity index (χ4n) is 1.58. The molecule has 0 bridgehead atoms. The number of hydrogen-bond acceptors (Lipinski definition) is 4. The molecule has 0 saturated carbocycles. The van der Waals surface area contributed by atoms with Crippen molar-refractivity contribution in [3.8, 4) is 6.07 Å². The summed E-state index contributed by atoms with van der Waals surface area (Å²) in [6, 6.07) is 1.96. The van der Waals surface area contributed by atoms with E-state index in [9.17, 15) is 5.11 Å². The summed E-state index contributed by atoms with van der Waals surface area (Å²) in [5, 5.41) is 26.7. The van der Waals surface area contributed by atoms with E-state index >= 15 is 0 Å². The lowest BCUT2D eigenvalue weighted by atomic mass is 9.92. The van der Waals surface area contributed by atoms with Crippen molar-refractivity contribution >= 4 is 11.6 Å². The molecule has 1 aliphatic heterocycles. The lowest BCUT2D eigenvalue weighted by molar-refractivity contribution is -0.0588. The van der Waals surface area contributed by atoms with Crippen molar-refractivity contribution in [2.24, 2.45) is 0 Å². The third-order valence-electron chi connectivity index (χ3n) is 2.64. The second kappa shape index (κ2) is 4.94. The van der Waals surface area contributed by atoms with Crippen molar-refractivity contribution < 1.29 is 10.2 Å². The van der Waals surface area contributed by atoms with Gasteiger partial charge in [-0.15, -0.1) is 11.6 Å². The van der Waals surface area contributed by atoms with Crippen LogP contribution in [0.25, 0.3) is 0 Å². The number of nitrogens with zero attached hydrogens (tertiary/aromatic N) is 2. The highest BCUT2D eigenvalue weighted by atomic mass is 35.5. The van der Waals surface area contributed by atoms with Crippen LogP contribution in [0, 0.1) is 11.3 Å². The van der Waals surface area contributed by atoms with Crippen molar-refractivity contribution in [3.05, 3.63) is 0 Å². The van der Waals surface area contributed by atoms with Gasteiger partial charge in [0, 0.05) is 19.6 Å². The van der Waals surface area contributed by atoms with Gasteiger partial charge in [0.15, 0.2) is 0 Å². The Morgan fingerprint density at radius 2 is 2.07 bits per heavy atom. The lowest BCUT2D eigenvalue weighted by Gasteiger charge is -2.37. The third kappa shape index (κ3) is 3.10. The largest absolute Gasteiger partial charge is 0.393 e.